The Morgan fingerprint density at radius 1 is 1.33 bits per heavy atom. The molecule has 4 nitrogen and oxygen atoms in total. The predicted molar refractivity (Wildman–Crippen MR) is 70.0 cm³/mol. The van der Waals surface area contributed by atoms with Gasteiger partial charge < -0.3 is 10.2 Å². The number of nitrogens with zero attached hydrogens (tertiary/aromatic N) is 1. The summed E-state index contributed by atoms with van der Waals surface area (Å²) in [6.07, 6.45) is 3.80. The minimum Gasteiger partial charge on any atom is -0.340 e. The van der Waals surface area contributed by atoms with Crippen LogP contribution in [0.3, 0.4) is 0 Å². The SMILES string of the molecule is CCC1(C)NC(=O)CN(C2CCC(C)(C)C2)C1=O. The van der Waals surface area contributed by atoms with Crippen LogP contribution in [0.4, 0.5) is 0 Å². The molecule has 18 heavy (non-hydrogen) atoms. The highest BCUT2D eigenvalue weighted by Gasteiger charge is 2.46. The third kappa shape index (κ3) is 2.25. The van der Waals surface area contributed by atoms with Gasteiger partial charge in [-0.15, -0.1) is 0 Å². The molecule has 0 aromatic heterocycles. The molecular weight excluding hydrogens is 228 g/mol. The van der Waals surface area contributed by atoms with Crippen LogP contribution in [0.15, 0.2) is 0 Å². The molecule has 1 heterocycles. The zero-order chi connectivity index (χ0) is 13.6. The molecule has 1 N–H and O–H groups in total. The molecule has 0 radical (unpaired) electrons. The molecule has 102 valence electrons. The second kappa shape index (κ2) is 4.25. The van der Waals surface area contributed by atoms with Gasteiger partial charge in [0.2, 0.25) is 11.8 Å². The van der Waals surface area contributed by atoms with Gasteiger partial charge in [0.1, 0.15) is 5.54 Å². The molecule has 0 aromatic rings. The monoisotopic (exact) mass is 252 g/mol. The van der Waals surface area contributed by atoms with Gasteiger partial charge in [0, 0.05) is 6.04 Å². The first-order valence-electron chi connectivity index (χ1n) is 6.89. The lowest BCUT2D eigenvalue weighted by Crippen LogP contribution is -2.66. The summed E-state index contributed by atoms with van der Waals surface area (Å²) in [5, 5.41) is 2.84. The Balaban J connectivity index is 2.18. The highest BCUT2D eigenvalue weighted by Crippen LogP contribution is 2.40. The molecule has 2 unspecified atom stereocenters. The minimum absolute atomic E-state index is 0.0244. The van der Waals surface area contributed by atoms with Crippen LogP contribution in [0.1, 0.15) is 53.4 Å². The number of hydrogen-bond acceptors (Lipinski definition) is 2. The van der Waals surface area contributed by atoms with Gasteiger partial charge in [-0.2, -0.15) is 0 Å². The zero-order valence-corrected chi connectivity index (χ0v) is 11.9. The van der Waals surface area contributed by atoms with Crippen LogP contribution in [0.5, 0.6) is 0 Å². The third-order valence-electron chi connectivity index (χ3n) is 4.55. The van der Waals surface area contributed by atoms with E-state index in [2.05, 4.69) is 19.2 Å². The van der Waals surface area contributed by atoms with Gasteiger partial charge in [0.25, 0.3) is 0 Å². The summed E-state index contributed by atoms with van der Waals surface area (Å²) in [6, 6.07) is 0.240. The normalized spacial score (nSPS) is 35.8. The topological polar surface area (TPSA) is 49.4 Å². The molecule has 2 fully saturated rings. The van der Waals surface area contributed by atoms with Gasteiger partial charge in [-0.05, 0) is 38.0 Å². The first kappa shape index (κ1) is 13.4. The summed E-state index contributed by atoms with van der Waals surface area (Å²) >= 11 is 0. The number of piperazine rings is 1. The van der Waals surface area contributed by atoms with Crippen LogP contribution in [-0.2, 0) is 9.59 Å². The summed E-state index contributed by atoms with van der Waals surface area (Å²) in [4.78, 5) is 26.2. The van der Waals surface area contributed by atoms with Crippen molar-refractivity contribution in [3.63, 3.8) is 0 Å². The van der Waals surface area contributed by atoms with Gasteiger partial charge in [0.15, 0.2) is 0 Å². The van der Waals surface area contributed by atoms with Crippen LogP contribution < -0.4 is 5.32 Å². The summed E-state index contributed by atoms with van der Waals surface area (Å²) < 4.78 is 0. The molecule has 1 saturated carbocycles. The smallest absolute Gasteiger partial charge is 0.248 e. The third-order valence-corrected chi connectivity index (χ3v) is 4.55. The zero-order valence-electron chi connectivity index (χ0n) is 11.9. The second-order valence-corrected chi connectivity index (χ2v) is 6.73. The quantitative estimate of drug-likeness (QED) is 0.813. The number of hydrogen-bond donors (Lipinski definition) is 1. The number of nitrogens with one attached hydrogen (secondary N) is 1. The van der Waals surface area contributed by atoms with Crippen molar-refractivity contribution in [2.45, 2.75) is 65.0 Å². The maximum absolute atomic E-state index is 12.5. The van der Waals surface area contributed by atoms with E-state index in [9.17, 15) is 9.59 Å². The summed E-state index contributed by atoms with van der Waals surface area (Å²) in [5.74, 6) is 0.0657. The van der Waals surface area contributed by atoms with E-state index in [1.54, 1.807) is 0 Å². The average molecular weight is 252 g/mol. The van der Waals surface area contributed by atoms with Crippen LogP contribution in [-0.4, -0.2) is 34.8 Å². The lowest BCUT2D eigenvalue weighted by atomic mass is 9.90. The molecule has 2 atom stereocenters. The standard InChI is InChI=1S/C14H24N2O2/c1-5-14(4)12(18)16(9-11(17)15-14)10-6-7-13(2,3)8-10/h10H,5-9H2,1-4H3,(H,15,17). The Morgan fingerprint density at radius 2 is 2.00 bits per heavy atom. The lowest BCUT2D eigenvalue weighted by molar-refractivity contribution is -0.151. The van der Waals surface area contributed by atoms with Gasteiger partial charge in [-0.1, -0.05) is 20.8 Å². The average Bonchev–Trinajstić information content (AvgIpc) is 2.64. The van der Waals surface area contributed by atoms with Crippen LogP contribution in [0.2, 0.25) is 0 Å². The van der Waals surface area contributed by atoms with E-state index >= 15 is 0 Å². The number of rotatable bonds is 2. The van der Waals surface area contributed by atoms with Crippen LogP contribution in [0, 0.1) is 5.41 Å². The number of amides is 2. The molecule has 2 aliphatic rings. The van der Waals surface area contributed by atoms with Crippen molar-refractivity contribution < 1.29 is 9.59 Å². The van der Waals surface area contributed by atoms with Gasteiger partial charge in [-0.25, -0.2) is 0 Å². The van der Waals surface area contributed by atoms with E-state index in [0.29, 0.717) is 11.8 Å². The molecule has 1 aliphatic heterocycles. The molecule has 0 bridgehead atoms. The fourth-order valence-corrected chi connectivity index (χ4v) is 3.14. The Hall–Kier alpha value is -1.06. The van der Waals surface area contributed by atoms with E-state index < -0.39 is 5.54 Å². The molecule has 1 aliphatic carbocycles. The molecule has 2 rings (SSSR count). The maximum Gasteiger partial charge on any atom is 0.248 e. The Morgan fingerprint density at radius 3 is 2.50 bits per heavy atom. The van der Waals surface area contributed by atoms with Crippen molar-refractivity contribution >= 4 is 11.8 Å². The second-order valence-electron chi connectivity index (χ2n) is 6.73. The highest BCUT2D eigenvalue weighted by molar-refractivity contribution is 5.97. The van der Waals surface area contributed by atoms with E-state index in [1.165, 1.54) is 0 Å². The fourth-order valence-electron chi connectivity index (χ4n) is 3.14. The van der Waals surface area contributed by atoms with Crippen molar-refractivity contribution in [3.05, 3.63) is 0 Å². The van der Waals surface area contributed by atoms with E-state index in [4.69, 9.17) is 0 Å². The Kier molecular flexibility index (Phi) is 3.16. The van der Waals surface area contributed by atoms with E-state index in [0.717, 1.165) is 19.3 Å². The molecular formula is C14H24N2O2. The molecule has 0 aromatic carbocycles. The fraction of sp³-hybridized carbons (Fsp3) is 0.857. The summed E-state index contributed by atoms with van der Waals surface area (Å²) in [7, 11) is 0. The van der Waals surface area contributed by atoms with Gasteiger partial charge in [-0.3, -0.25) is 9.59 Å². The number of carbonyl (C=O) groups excluding carboxylic acids is 2. The van der Waals surface area contributed by atoms with Crippen molar-refractivity contribution in [1.82, 2.24) is 10.2 Å². The molecule has 0 spiro atoms. The van der Waals surface area contributed by atoms with E-state index in [1.807, 2.05) is 18.7 Å². The summed E-state index contributed by atoms with van der Waals surface area (Å²) in [5.41, 5.74) is -0.413. The first-order chi connectivity index (χ1) is 8.27. The molecule has 2 amide bonds. The molecule has 4 heteroatoms. The van der Waals surface area contributed by atoms with Gasteiger partial charge in [0.05, 0.1) is 6.54 Å². The lowest BCUT2D eigenvalue weighted by Gasteiger charge is -2.42. The predicted octanol–water partition coefficient (Wildman–Crippen LogP) is 1.69. The highest BCUT2D eigenvalue weighted by atomic mass is 16.2. The maximum atomic E-state index is 12.5. The van der Waals surface area contributed by atoms with Crippen molar-refractivity contribution in [2.24, 2.45) is 5.41 Å². The summed E-state index contributed by atoms with van der Waals surface area (Å²) in [6.45, 7) is 8.48. The van der Waals surface area contributed by atoms with Crippen molar-refractivity contribution in [1.29, 1.82) is 0 Å². The largest absolute Gasteiger partial charge is 0.340 e. The first-order valence-corrected chi connectivity index (χ1v) is 6.89. The van der Waals surface area contributed by atoms with Crippen molar-refractivity contribution in [2.75, 3.05) is 6.54 Å². The van der Waals surface area contributed by atoms with Crippen molar-refractivity contribution in [3.8, 4) is 0 Å². The Bertz CT molecular complexity index is 378. The number of carbonyl (C=O) groups is 2. The molecule has 1 saturated heterocycles. The Labute approximate surface area is 109 Å². The van der Waals surface area contributed by atoms with Gasteiger partial charge >= 0.3 is 0 Å². The van der Waals surface area contributed by atoms with Crippen LogP contribution >= 0.6 is 0 Å². The minimum atomic E-state index is -0.706. The van der Waals surface area contributed by atoms with Crippen LogP contribution in [0.25, 0.3) is 0 Å². The van der Waals surface area contributed by atoms with E-state index in [-0.39, 0.29) is 24.4 Å².